The molecule has 152 valence electrons. The van der Waals surface area contributed by atoms with E-state index in [2.05, 4.69) is 15.5 Å². The molecule has 0 bridgehead atoms. The first-order chi connectivity index (χ1) is 13.8. The van der Waals surface area contributed by atoms with Crippen LogP contribution >= 0.6 is 11.8 Å². The van der Waals surface area contributed by atoms with Crippen molar-refractivity contribution in [1.82, 2.24) is 14.8 Å². The van der Waals surface area contributed by atoms with Crippen LogP contribution in [0.5, 0.6) is 0 Å². The van der Waals surface area contributed by atoms with Crippen molar-refractivity contribution in [2.24, 2.45) is 7.05 Å². The van der Waals surface area contributed by atoms with Gasteiger partial charge in [-0.05, 0) is 24.1 Å². The smallest absolute Gasteiger partial charge is 0.325 e. The van der Waals surface area contributed by atoms with Crippen LogP contribution in [0.25, 0.3) is 0 Å². The lowest BCUT2D eigenvalue weighted by atomic mass is 10.1. The minimum Gasteiger partial charge on any atom is -0.325 e. The molecule has 0 saturated carbocycles. The lowest BCUT2D eigenvalue weighted by molar-refractivity contribution is -0.137. The van der Waals surface area contributed by atoms with E-state index in [1.807, 2.05) is 30.3 Å². The van der Waals surface area contributed by atoms with Gasteiger partial charge in [-0.15, -0.1) is 10.2 Å². The number of anilines is 1. The molecule has 1 heterocycles. The first-order valence-corrected chi connectivity index (χ1v) is 9.84. The number of aromatic nitrogens is 3. The topological polar surface area (TPSA) is 59.8 Å². The van der Waals surface area contributed by atoms with Crippen molar-refractivity contribution in [3.8, 4) is 0 Å². The summed E-state index contributed by atoms with van der Waals surface area (Å²) in [4.78, 5) is 12.1. The summed E-state index contributed by atoms with van der Waals surface area (Å²) >= 11 is 1.13. The number of rotatable bonds is 7. The third kappa shape index (κ3) is 5.60. The highest BCUT2D eigenvalue weighted by Gasteiger charge is 2.33. The highest BCUT2D eigenvalue weighted by molar-refractivity contribution is 7.99. The summed E-state index contributed by atoms with van der Waals surface area (Å²) in [6, 6.07) is 14.9. The third-order valence-corrected chi connectivity index (χ3v) is 5.26. The van der Waals surface area contributed by atoms with E-state index in [0.717, 1.165) is 30.1 Å². The van der Waals surface area contributed by atoms with Gasteiger partial charge in [0.1, 0.15) is 5.82 Å². The lowest BCUT2D eigenvalue weighted by Crippen LogP contribution is -2.18. The Labute approximate surface area is 170 Å². The van der Waals surface area contributed by atoms with Gasteiger partial charge in [-0.2, -0.15) is 13.2 Å². The summed E-state index contributed by atoms with van der Waals surface area (Å²) in [5.74, 6) is 0.163. The molecule has 1 amide bonds. The van der Waals surface area contributed by atoms with Crippen LogP contribution in [0.3, 0.4) is 0 Å². The first kappa shape index (κ1) is 20.9. The van der Waals surface area contributed by atoms with E-state index >= 15 is 0 Å². The maximum atomic E-state index is 13.0. The van der Waals surface area contributed by atoms with Crippen LogP contribution in [0.4, 0.5) is 18.9 Å². The van der Waals surface area contributed by atoms with Crippen LogP contribution in [0.1, 0.15) is 17.0 Å². The average molecular weight is 420 g/mol. The Kier molecular flexibility index (Phi) is 6.58. The summed E-state index contributed by atoms with van der Waals surface area (Å²) in [7, 11) is 1.81. The molecule has 1 aromatic heterocycles. The van der Waals surface area contributed by atoms with Gasteiger partial charge < -0.3 is 9.88 Å². The molecule has 29 heavy (non-hydrogen) atoms. The number of carbonyl (C=O) groups is 1. The molecule has 5 nitrogen and oxygen atoms in total. The van der Waals surface area contributed by atoms with Crippen LogP contribution in [-0.2, 0) is 30.9 Å². The second-order valence-corrected chi connectivity index (χ2v) is 7.27. The Hall–Kier alpha value is -2.81. The van der Waals surface area contributed by atoms with Crippen molar-refractivity contribution in [2.75, 3.05) is 11.1 Å². The zero-order chi connectivity index (χ0) is 20.9. The third-order valence-electron chi connectivity index (χ3n) is 4.24. The standard InChI is InChI=1S/C20H19F3N4OS/c1-27-17(12-11-14-7-3-2-4-8-14)25-26-19(27)29-13-18(28)24-16-10-6-5-9-15(16)20(21,22)23/h2-10H,11-13H2,1H3,(H,24,28). The van der Waals surface area contributed by atoms with Gasteiger partial charge in [-0.3, -0.25) is 4.79 Å². The fraction of sp³-hybridized carbons (Fsp3) is 0.250. The van der Waals surface area contributed by atoms with E-state index in [4.69, 9.17) is 0 Å². The molecule has 0 aliphatic carbocycles. The number of halogens is 3. The number of amides is 1. The van der Waals surface area contributed by atoms with Gasteiger partial charge in [-0.25, -0.2) is 0 Å². The molecule has 0 aliphatic heterocycles. The molecule has 0 atom stereocenters. The Morgan fingerprint density at radius 2 is 1.72 bits per heavy atom. The quantitative estimate of drug-likeness (QED) is 0.578. The fourth-order valence-electron chi connectivity index (χ4n) is 2.74. The normalized spacial score (nSPS) is 11.4. The molecular weight excluding hydrogens is 401 g/mol. The van der Waals surface area contributed by atoms with Crippen molar-refractivity contribution in [1.29, 1.82) is 0 Å². The monoisotopic (exact) mass is 420 g/mol. The molecule has 2 aromatic carbocycles. The van der Waals surface area contributed by atoms with E-state index in [1.165, 1.54) is 23.8 Å². The highest BCUT2D eigenvalue weighted by Crippen LogP contribution is 2.34. The fourth-order valence-corrected chi connectivity index (χ4v) is 3.47. The number of hydrogen-bond acceptors (Lipinski definition) is 4. The maximum Gasteiger partial charge on any atom is 0.418 e. The van der Waals surface area contributed by atoms with Crippen molar-refractivity contribution in [3.63, 3.8) is 0 Å². The van der Waals surface area contributed by atoms with E-state index in [-0.39, 0.29) is 11.4 Å². The number of hydrogen-bond donors (Lipinski definition) is 1. The molecule has 0 radical (unpaired) electrons. The summed E-state index contributed by atoms with van der Waals surface area (Å²) in [5, 5.41) is 11.1. The number of thioether (sulfide) groups is 1. The van der Waals surface area contributed by atoms with Gasteiger partial charge in [0.2, 0.25) is 5.91 Å². The summed E-state index contributed by atoms with van der Waals surface area (Å²) < 4.78 is 40.9. The minimum atomic E-state index is -4.53. The van der Waals surface area contributed by atoms with Crippen LogP contribution in [0.2, 0.25) is 0 Å². The second-order valence-electron chi connectivity index (χ2n) is 6.32. The van der Waals surface area contributed by atoms with Gasteiger partial charge >= 0.3 is 6.18 Å². The summed E-state index contributed by atoms with van der Waals surface area (Å²) in [6.45, 7) is 0. The summed E-state index contributed by atoms with van der Waals surface area (Å²) in [5.41, 5.74) is 0.0553. The molecule has 3 rings (SSSR count). The molecular formula is C20H19F3N4OS. The number of benzene rings is 2. The van der Waals surface area contributed by atoms with Gasteiger partial charge in [-0.1, -0.05) is 54.2 Å². The number of para-hydroxylation sites is 1. The summed E-state index contributed by atoms with van der Waals surface area (Å²) in [6.07, 6.45) is -3.03. The second kappa shape index (κ2) is 9.13. The molecule has 1 N–H and O–H groups in total. The van der Waals surface area contributed by atoms with E-state index in [1.54, 1.807) is 11.6 Å². The van der Waals surface area contributed by atoms with Crippen molar-refractivity contribution >= 4 is 23.4 Å². The van der Waals surface area contributed by atoms with Crippen molar-refractivity contribution in [3.05, 3.63) is 71.5 Å². The number of aryl methyl sites for hydroxylation is 2. The van der Waals surface area contributed by atoms with Crippen LogP contribution in [-0.4, -0.2) is 26.4 Å². The van der Waals surface area contributed by atoms with E-state index in [9.17, 15) is 18.0 Å². The number of carbonyl (C=O) groups excluding carboxylic acids is 1. The lowest BCUT2D eigenvalue weighted by Gasteiger charge is -2.13. The average Bonchev–Trinajstić information content (AvgIpc) is 3.05. The molecule has 0 saturated heterocycles. The molecule has 3 aromatic rings. The Morgan fingerprint density at radius 1 is 1.03 bits per heavy atom. The molecule has 9 heteroatoms. The Bertz CT molecular complexity index is 973. The maximum absolute atomic E-state index is 13.0. The van der Waals surface area contributed by atoms with Crippen molar-refractivity contribution in [2.45, 2.75) is 24.2 Å². The van der Waals surface area contributed by atoms with Gasteiger partial charge in [0, 0.05) is 13.5 Å². The van der Waals surface area contributed by atoms with Crippen LogP contribution < -0.4 is 5.32 Å². The van der Waals surface area contributed by atoms with Crippen LogP contribution in [0, 0.1) is 0 Å². The number of alkyl halides is 3. The van der Waals surface area contributed by atoms with Gasteiger partial charge in [0.25, 0.3) is 0 Å². The predicted molar refractivity (Wildman–Crippen MR) is 106 cm³/mol. The van der Waals surface area contributed by atoms with E-state index < -0.39 is 17.6 Å². The largest absolute Gasteiger partial charge is 0.418 e. The van der Waals surface area contributed by atoms with E-state index in [0.29, 0.717) is 11.6 Å². The van der Waals surface area contributed by atoms with Crippen molar-refractivity contribution < 1.29 is 18.0 Å². The molecule has 0 unspecified atom stereocenters. The SMILES string of the molecule is Cn1c(CCc2ccccc2)nnc1SCC(=O)Nc1ccccc1C(F)(F)F. The van der Waals surface area contributed by atoms with Gasteiger partial charge in [0.15, 0.2) is 5.16 Å². The predicted octanol–water partition coefficient (Wildman–Crippen LogP) is 4.35. The Morgan fingerprint density at radius 3 is 2.45 bits per heavy atom. The molecule has 0 spiro atoms. The first-order valence-electron chi connectivity index (χ1n) is 8.85. The minimum absolute atomic E-state index is 0.0726. The van der Waals surface area contributed by atoms with Gasteiger partial charge in [0.05, 0.1) is 17.0 Å². The zero-order valence-corrected chi connectivity index (χ0v) is 16.4. The number of nitrogens with one attached hydrogen (secondary N) is 1. The molecule has 0 aliphatic rings. The molecule has 0 fully saturated rings. The highest BCUT2D eigenvalue weighted by atomic mass is 32.2. The number of nitrogens with zero attached hydrogens (tertiary/aromatic N) is 3. The Balaban J connectivity index is 1.57. The van der Waals surface area contributed by atoms with Crippen LogP contribution in [0.15, 0.2) is 59.8 Å². The zero-order valence-electron chi connectivity index (χ0n) is 15.6.